The number of aromatic nitrogens is 1. The van der Waals surface area contributed by atoms with Gasteiger partial charge < -0.3 is 14.0 Å². The van der Waals surface area contributed by atoms with Crippen molar-refractivity contribution in [1.82, 2.24) is 4.57 Å². The van der Waals surface area contributed by atoms with Crippen molar-refractivity contribution in [2.75, 3.05) is 6.61 Å². The molecule has 7 heteroatoms. The predicted octanol–water partition coefficient (Wildman–Crippen LogP) is 5.27. The second-order valence-electron chi connectivity index (χ2n) is 6.03. The number of halogens is 3. The number of hydrogen-bond donors (Lipinski definition) is 0. The second-order valence-corrected chi connectivity index (χ2v) is 6.03. The van der Waals surface area contributed by atoms with Crippen molar-refractivity contribution in [3.63, 3.8) is 0 Å². The maximum atomic E-state index is 12.7. The molecule has 1 heterocycles. The van der Waals surface area contributed by atoms with Gasteiger partial charge in [0.05, 0.1) is 6.61 Å². The topological polar surface area (TPSA) is 40.5 Å². The van der Waals surface area contributed by atoms with E-state index >= 15 is 0 Å². The third kappa shape index (κ3) is 6.33. The molecule has 2 aromatic carbocycles. The Labute approximate surface area is 161 Å². The smallest absolute Gasteiger partial charge is 0.406 e. The summed E-state index contributed by atoms with van der Waals surface area (Å²) >= 11 is 0. The highest BCUT2D eigenvalue weighted by atomic mass is 19.4. The quantitative estimate of drug-likeness (QED) is 0.536. The summed E-state index contributed by atoms with van der Waals surface area (Å²) in [5.74, 6) is 0.644. The van der Waals surface area contributed by atoms with Crippen LogP contribution in [-0.2, 0) is 22.7 Å². The fourth-order valence-corrected chi connectivity index (χ4v) is 2.67. The van der Waals surface area contributed by atoms with Crippen LogP contribution in [0.1, 0.15) is 18.2 Å². The van der Waals surface area contributed by atoms with Crippen molar-refractivity contribution in [2.45, 2.75) is 33.2 Å². The van der Waals surface area contributed by atoms with E-state index in [-0.39, 0.29) is 0 Å². The Hall–Kier alpha value is -2.96. The van der Waals surface area contributed by atoms with Crippen LogP contribution in [0.25, 0.3) is 10.9 Å². The monoisotopic (exact) mass is 393 g/mol. The predicted molar refractivity (Wildman–Crippen MR) is 101 cm³/mol. The zero-order valence-corrected chi connectivity index (χ0v) is 15.7. The number of ether oxygens (including phenoxy) is 2. The Morgan fingerprint density at radius 2 is 1.79 bits per heavy atom. The number of hydrogen-bond acceptors (Lipinski definition) is 3. The summed E-state index contributed by atoms with van der Waals surface area (Å²) in [6, 6.07) is 16.6. The van der Waals surface area contributed by atoms with Crippen molar-refractivity contribution in [3.05, 3.63) is 65.9 Å². The number of benzene rings is 2. The molecular weight excluding hydrogens is 371 g/mol. The van der Waals surface area contributed by atoms with Gasteiger partial charge >= 0.3 is 6.18 Å². The molecule has 0 radical (unpaired) electrons. The molecule has 28 heavy (non-hydrogen) atoms. The largest absolute Gasteiger partial charge is 0.489 e. The fraction of sp³-hybridized carbons (Fsp3) is 0.286. The minimum atomic E-state index is -4.24. The van der Waals surface area contributed by atoms with Gasteiger partial charge in [-0.05, 0) is 43.7 Å². The zero-order chi connectivity index (χ0) is 20.6. The van der Waals surface area contributed by atoms with Gasteiger partial charge in [-0.1, -0.05) is 30.3 Å². The Kier molecular flexibility index (Phi) is 7.49. The van der Waals surface area contributed by atoms with Crippen LogP contribution in [0.2, 0.25) is 0 Å². The molecule has 3 aromatic rings. The molecule has 0 aliphatic rings. The van der Waals surface area contributed by atoms with E-state index in [1.54, 1.807) is 38.1 Å². The number of nitrogens with zero attached hydrogens (tertiary/aromatic N) is 1. The molecule has 0 bridgehead atoms. The highest BCUT2D eigenvalue weighted by molar-refractivity contribution is 5.82. The first-order chi connectivity index (χ1) is 13.3. The lowest BCUT2D eigenvalue weighted by Crippen LogP contribution is -2.18. The maximum absolute atomic E-state index is 12.7. The molecule has 0 saturated heterocycles. The molecule has 150 valence electrons. The summed E-state index contributed by atoms with van der Waals surface area (Å²) in [5.41, 5.74) is 2.18. The van der Waals surface area contributed by atoms with Crippen LogP contribution in [0.3, 0.4) is 0 Å². The van der Waals surface area contributed by atoms with E-state index in [2.05, 4.69) is 4.74 Å². The minimum absolute atomic E-state index is 0.425. The standard InChI is InChI=1S/C18H16F3NO.C3H6O2/c1-13-9-15-10-16(23-11-14-5-3-2-4-6-14)7-8-17(15)22(13)12-18(19,20)21;1-2-5-3-4/h2-10H,11-12H2,1H3;3H,2H2,1H3. The Morgan fingerprint density at radius 3 is 2.36 bits per heavy atom. The molecule has 0 amide bonds. The lowest BCUT2D eigenvalue weighted by Gasteiger charge is -2.11. The van der Waals surface area contributed by atoms with E-state index in [4.69, 9.17) is 4.74 Å². The molecular formula is C21H22F3NO3. The van der Waals surface area contributed by atoms with Crippen LogP contribution in [-0.4, -0.2) is 23.8 Å². The van der Waals surface area contributed by atoms with Gasteiger partial charge in [-0.2, -0.15) is 13.2 Å². The van der Waals surface area contributed by atoms with Crippen molar-refractivity contribution in [1.29, 1.82) is 0 Å². The van der Waals surface area contributed by atoms with Crippen LogP contribution < -0.4 is 4.74 Å². The van der Waals surface area contributed by atoms with E-state index in [9.17, 15) is 18.0 Å². The summed E-state index contributed by atoms with van der Waals surface area (Å²) in [6.07, 6.45) is -4.24. The van der Waals surface area contributed by atoms with Crippen molar-refractivity contribution >= 4 is 17.4 Å². The SMILES string of the molecule is CCOC=O.Cc1cc2cc(OCc3ccccc3)ccc2n1CC(F)(F)F. The van der Waals surface area contributed by atoms with Crippen molar-refractivity contribution in [3.8, 4) is 5.75 Å². The molecule has 0 saturated carbocycles. The first-order valence-corrected chi connectivity index (χ1v) is 8.72. The third-order valence-corrected chi connectivity index (χ3v) is 3.90. The van der Waals surface area contributed by atoms with E-state index in [1.165, 1.54) is 4.57 Å². The number of rotatable bonds is 6. The molecule has 0 unspecified atom stereocenters. The first kappa shape index (κ1) is 21.3. The van der Waals surface area contributed by atoms with Crippen LogP contribution >= 0.6 is 0 Å². The maximum Gasteiger partial charge on any atom is 0.406 e. The van der Waals surface area contributed by atoms with E-state index in [0.29, 0.717) is 36.6 Å². The average molecular weight is 393 g/mol. The molecule has 0 N–H and O–H groups in total. The zero-order valence-electron chi connectivity index (χ0n) is 15.7. The van der Waals surface area contributed by atoms with Gasteiger partial charge in [0.15, 0.2) is 0 Å². The van der Waals surface area contributed by atoms with Crippen molar-refractivity contribution < 1.29 is 27.4 Å². The van der Waals surface area contributed by atoms with Gasteiger partial charge in [0, 0.05) is 16.6 Å². The van der Waals surface area contributed by atoms with Gasteiger partial charge in [-0.15, -0.1) is 0 Å². The fourth-order valence-electron chi connectivity index (χ4n) is 2.67. The van der Waals surface area contributed by atoms with E-state index < -0.39 is 12.7 Å². The summed E-state index contributed by atoms with van der Waals surface area (Å²) in [6.45, 7) is 3.79. The Bertz CT molecular complexity index is 889. The average Bonchev–Trinajstić information content (AvgIpc) is 2.95. The van der Waals surface area contributed by atoms with Gasteiger partial charge in [-0.25, -0.2) is 0 Å². The summed E-state index contributed by atoms with van der Waals surface area (Å²) in [7, 11) is 0. The highest BCUT2D eigenvalue weighted by Gasteiger charge is 2.29. The molecule has 4 nitrogen and oxygen atoms in total. The molecule has 0 spiro atoms. The normalized spacial score (nSPS) is 10.9. The second kappa shape index (κ2) is 9.82. The van der Waals surface area contributed by atoms with Crippen LogP contribution in [0.15, 0.2) is 54.6 Å². The number of aryl methyl sites for hydroxylation is 1. The van der Waals surface area contributed by atoms with Crippen LogP contribution in [0.5, 0.6) is 5.75 Å². The molecule has 1 aromatic heterocycles. The first-order valence-electron chi connectivity index (χ1n) is 8.72. The number of fused-ring (bicyclic) bond motifs is 1. The molecule has 0 aliphatic heterocycles. The minimum Gasteiger partial charge on any atom is -0.489 e. The van der Waals surface area contributed by atoms with E-state index in [1.807, 2.05) is 30.3 Å². The van der Waals surface area contributed by atoms with Gasteiger partial charge in [0.1, 0.15) is 18.9 Å². The van der Waals surface area contributed by atoms with Gasteiger partial charge in [0.2, 0.25) is 0 Å². The lowest BCUT2D eigenvalue weighted by atomic mass is 10.2. The number of carbonyl (C=O) groups excluding carboxylic acids is 1. The lowest BCUT2D eigenvalue weighted by molar-refractivity contribution is -0.140. The number of carbonyl (C=O) groups is 1. The summed E-state index contributed by atoms with van der Waals surface area (Å²) in [5, 5.41) is 0.748. The number of alkyl halides is 3. The molecule has 0 aliphatic carbocycles. The molecule has 3 rings (SSSR count). The van der Waals surface area contributed by atoms with Gasteiger partial charge in [-0.3, -0.25) is 4.79 Å². The summed E-state index contributed by atoms with van der Waals surface area (Å²) < 4.78 is 49.2. The summed E-state index contributed by atoms with van der Waals surface area (Å²) in [4.78, 5) is 9.18. The third-order valence-electron chi connectivity index (χ3n) is 3.90. The Balaban J connectivity index is 0.000000500. The van der Waals surface area contributed by atoms with E-state index in [0.717, 1.165) is 10.9 Å². The molecule has 0 atom stereocenters. The van der Waals surface area contributed by atoms with Crippen molar-refractivity contribution in [2.24, 2.45) is 0 Å². The van der Waals surface area contributed by atoms with Gasteiger partial charge in [0.25, 0.3) is 6.47 Å². The van der Waals surface area contributed by atoms with Crippen LogP contribution in [0, 0.1) is 6.92 Å². The molecule has 0 fully saturated rings. The Morgan fingerprint density at radius 1 is 1.07 bits per heavy atom. The van der Waals surface area contributed by atoms with Crippen LogP contribution in [0.4, 0.5) is 13.2 Å². The highest BCUT2D eigenvalue weighted by Crippen LogP contribution is 2.28.